The lowest BCUT2D eigenvalue weighted by atomic mass is 10.2. The highest BCUT2D eigenvalue weighted by molar-refractivity contribution is 14.1. The Bertz CT molecular complexity index is 703. The molecule has 0 atom stereocenters. The zero-order valence-corrected chi connectivity index (χ0v) is 13.2. The van der Waals surface area contributed by atoms with E-state index in [4.69, 9.17) is 4.74 Å². The minimum absolute atomic E-state index is 0.0479. The predicted octanol–water partition coefficient (Wildman–Crippen LogP) is 3.46. The van der Waals surface area contributed by atoms with Gasteiger partial charge in [-0.1, -0.05) is 12.1 Å². The predicted molar refractivity (Wildman–Crippen MR) is 86.8 cm³/mol. The number of ether oxygens (including phenoxy) is 1. The van der Waals surface area contributed by atoms with Crippen LogP contribution in [0.25, 0.3) is 0 Å². The molecule has 0 heterocycles. The number of nitrogens with zero attached hydrogens (tertiary/aromatic N) is 1. The van der Waals surface area contributed by atoms with Crippen LogP contribution in [-0.4, -0.2) is 17.9 Å². The largest absolute Gasteiger partial charge is 0.495 e. The van der Waals surface area contributed by atoms with Gasteiger partial charge in [0.25, 0.3) is 11.6 Å². The highest BCUT2D eigenvalue weighted by atomic mass is 127. The summed E-state index contributed by atoms with van der Waals surface area (Å²) in [4.78, 5) is 22.4. The number of methoxy groups -OCH3 is 1. The van der Waals surface area contributed by atoms with Gasteiger partial charge in [0.2, 0.25) is 0 Å². The van der Waals surface area contributed by atoms with Gasteiger partial charge in [-0.25, -0.2) is 0 Å². The van der Waals surface area contributed by atoms with Crippen molar-refractivity contribution in [1.82, 2.24) is 0 Å². The molecule has 0 aliphatic rings. The second-order valence-electron chi connectivity index (χ2n) is 4.08. The van der Waals surface area contributed by atoms with Crippen LogP contribution in [0.2, 0.25) is 0 Å². The number of halogens is 1. The summed E-state index contributed by atoms with van der Waals surface area (Å²) in [5.41, 5.74) is 0.861. The number of non-ortho nitro benzene ring substituents is 1. The first-order valence-corrected chi connectivity index (χ1v) is 6.99. The van der Waals surface area contributed by atoms with Gasteiger partial charge in [0.15, 0.2) is 0 Å². The maximum atomic E-state index is 12.2. The molecule has 6 nitrogen and oxygen atoms in total. The Morgan fingerprint density at radius 3 is 2.62 bits per heavy atom. The van der Waals surface area contributed by atoms with Crippen LogP contribution in [-0.2, 0) is 0 Å². The number of para-hydroxylation sites is 2. The van der Waals surface area contributed by atoms with Gasteiger partial charge in [0, 0.05) is 15.7 Å². The summed E-state index contributed by atoms with van der Waals surface area (Å²) in [7, 11) is 1.51. The highest BCUT2D eigenvalue weighted by Gasteiger charge is 2.15. The van der Waals surface area contributed by atoms with Gasteiger partial charge in [-0.3, -0.25) is 14.9 Å². The second-order valence-corrected chi connectivity index (χ2v) is 5.24. The zero-order chi connectivity index (χ0) is 15.4. The molecule has 1 amide bonds. The summed E-state index contributed by atoms with van der Waals surface area (Å²) in [5.74, 6) is 0.196. The molecule has 0 unspecified atom stereocenters. The Morgan fingerprint density at radius 1 is 1.29 bits per heavy atom. The molecule has 0 radical (unpaired) electrons. The van der Waals surface area contributed by atoms with Crippen molar-refractivity contribution in [1.29, 1.82) is 0 Å². The molecule has 0 saturated carbocycles. The lowest BCUT2D eigenvalue weighted by molar-refractivity contribution is -0.384. The maximum absolute atomic E-state index is 12.2. The average molecular weight is 398 g/mol. The lowest BCUT2D eigenvalue weighted by Gasteiger charge is -2.10. The van der Waals surface area contributed by atoms with Crippen molar-refractivity contribution in [2.75, 3.05) is 12.4 Å². The van der Waals surface area contributed by atoms with E-state index >= 15 is 0 Å². The first-order chi connectivity index (χ1) is 10.0. The number of carbonyl (C=O) groups is 1. The Morgan fingerprint density at radius 2 is 2.00 bits per heavy atom. The number of nitro benzene ring substituents is 1. The first kappa shape index (κ1) is 15.2. The Kier molecular flexibility index (Phi) is 4.73. The van der Waals surface area contributed by atoms with E-state index in [1.165, 1.54) is 25.3 Å². The Hall–Kier alpha value is -2.16. The average Bonchev–Trinajstić information content (AvgIpc) is 2.47. The molecular formula is C14H11IN2O4. The molecule has 0 bridgehead atoms. The SMILES string of the molecule is COc1ccccc1NC(=O)c1ccc([N+](=O)[O-])cc1I. The third kappa shape index (κ3) is 3.48. The van der Waals surface area contributed by atoms with Crippen molar-refractivity contribution in [3.8, 4) is 5.75 Å². The summed E-state index contributed by atoms with van der Waals surface area (Å²) in [6.07, 6.45) is 0. The highest BCUT2D eigenvalue weighted by Crippen LogP contribution is 2.25. The summed E-state index contributed by atoms with van der Waals surface area (Å²) in [6, 6.07) is 11.1. The van der Waals surface area contributed by atoms with Crippen molar-refractivity contribution in [2.24, 2.45) is 0 Å². The molecule has 21 heavy (non-hydrogen) atoms. The second kappa shape index (κ2) is 6.53. The van der Waals surface area contributed by atoms with Crippen LogP contribution < -0.4 is 10.1 Å². The fourth-order valence-corrected chi connectivity index (χ4v) is 2.48. The molecule has 1 N–H and O–H groups in total. The van der Waals surface area contributed by atoms with E-state index < -0.39 is 4.92 Å². The van der Waals surface area contributed by atoms with Crippen LogP contribution in [0.1, 0.15) is 10.4 Å². The number of rotatable bonds is 4. The quantitative estimate of drug-likeness (QED) is 0.486. The molecule has 7 heteroatoms. The molecule has 2 aromatic rings. The number of nitrogens with one attached hydrogen (secondary N) is 1. The number of carbonyl (C=O) groups excluding carboxylic acids is 1. The van der Waals surface area contributed by atoms with Gasteiger partial charge < -0.3 is 10.1 Å². The molecule has 0 aliphatic heterocycles. The van der Waals surface area contributed by atoms with Gasteiger partial charge >= 0.3 is 0 Å². The van der Waals surface area contributed by atoms with Gasteiger partial charge in [-0.2, -0.15) is 0 Å². The van der Waals surface area contributed by atoms with Crippen molar-refractivity contribution in [3.63, 3.8) is 0 Å². The van der Waals surface area contributed by atoms with E-state index in [1.54, 1.807) is 24.3 Å². The van der Waals surface area contributed by atoms with Crippen LogP contribution >= 0.6 is 22.6 Å². The number of hydrogen-bond donors (Lipinski definition) is 1. The van der Waals surface area contributed by atoms with Crippen molar-refractivity contribution >= 4 is 39.9 Å². The molecule has 0 saturated heterocycles. The summed E-state index contributed by atoms with van der Waals surface area (Å²) < 4.78 is 5.67. The minimum Gasteiger partial charge on any atom is -0.495 e. The van der Waals surface area contributed by atoms with Crippen LogP contribution in [0.15, 0.2) is 42.5 Å². The van der Waals surface area contributed by atoms with Gasteiger partial charge in [-0.15, -0.1) is 0 Å². The van der Waals surface area contributed by atoms with Crippen molar-refractivity contribution in [3.05, 3.63) is 61.7 Å². The van der Waals surface area contributed by atoms with E-state index in [-0.39, 0.29) is 11.6 Å². The molecule has 2 aromatic carbocycles. The van der Waals surface area contributed by atoms with Crippen molar-refractivity contribution in [2.45, 2.75) is 0 Å². The standard InChI is InChI=1S/C14H11IN2O4/c1-21-13-5-3-2-4-12(13)16-14(18)10-7-6-9(17(19)20)8-11(10)15/h2-8H,1H3,(H,16,18). The van der Waals surface area contributed by atoms with E-state index in [9.17, 15) is 14.9 Å². The molecule has 0 fully saturated rings. The normalized spacial score (nSPS) is 10.0. The van der Waals surface area contributed by atoms with Crippen LogP contribution in [0.5, 0.6) is 5.75 Å². The monoisotopic (exact) mass is 398 g/mol. The molecule has 0 aliphatic carbocycles. The van der Waals surface area contributed by atoms with Crippen LogP contribution in [0.4, 0.5) is 11.4 Å². The molecule has 108 valence electrons. The lowest BCUT2D eigenvalue weighted by Crippen LogP contribution is -2.14. The van der Waals surface area contributed by atoms with Crippen LogP contribution in [0, 0.1) is 13.7 Å². The van der Waals surface area contributed by atoms with Crippen molar-refractivity contribution < 1.29 is 14.5 Å². The third-order valence-corrected chi connectivity index (χ3v) is 3.66. The maximum Gasteiger partial charge on any atom is 0.270 e. The summed E-state index contributed by atoms with van der Waals surface area (Å²) in [5, 5.41) is 13.4. The van der Waals surface area contributed by atoms with Gasteiger partial charge in [0.1, 0.15) is 5.75 Å². The van der Waals surface area contributed by atoms with Gasteiger partial charge in [0.05, 0.1) is 23.3 Å². The zero-order valence-electron chi connectivity index (χ0n) is 11.0. The molecule has 2 rings (SSSR count). The van der Waals surface area contributed by atoms with Gasteiger partial charge in [-0.05, 0) is 40.8 Å². The Labute approximate surface area is 134 Å². The number of nitro groups is 1. The number of amides is 1. The topological polar surface area (TPSA) is 81.5 Å². The fourth-order valence-electron chi connectivity index (χ4n) is 1.74. The first-order valence-electron chi connectivity index (χ1n) is 5.91. The van der Waals surface area contributed by atoms with E-state index in [0.717, 1.165) is 0 Å². The summed E-state index contributed by atoms with van der Waals surface area (Å²) in [6.45, 7) is 0. The van der Waals surface area contributed by atoms with E-state index in [2.05, 4.69) is 5.32 Å². The number of anilines is 1. The fraction of sp³-hybridized carbons (Fsp3) is 0.0714. The van der Waals surface area contributed by atoms with E-state index in [0.29, 0.717) is 20.6 Å². The van der Waals surface area contributed by atoms with Crippen LogP contribution in [0.3, 0.4) is 0 Å². The third-order valence-electron chi connectivity index (χ3n) is 2.76. The van der Waals surface area contributed by atoms with E-state index in [1.807, 2.05) is 22.6 Å². The minimum atomic E-state index is -0.496. The molecule has 0 spiro atoms. The Balaban J connectivity index is 2.26. The molecule has 0 aromatic heterocycles. The number of benzene rings is 2. The summed E-state index contributed by atoms with van der Waals surface area (Å²) >= 11 is 1.90. The number of hydrogen-bond acceptors (Lipinski definition) is 4. The molecular weight excluding hydrogens is 387 g/mol. The smallest absolute Gasteiger partial charge is 0.270 e.